The van der Waals surface area contributed by atoms with Gasteiger partial charge in [0.15, 0.2) is 0 Å². The SMILES string of the molecule is NC(=O)N1CC2CC1c1c(O)n(-c3ccc([N+](=O)[O-])c4ccccc34)c(=O)n12. The molecule has 2 aliphatic rings. The van der Waals surface area contributed by atoms with Crippen molar-refractivity contribution in [3.63, 3.8) is 0 Å². The molecule has 1 saturated heterocycles. The number of hydrogen-bond donors (Lipinski definition) is 2. The number of nitro groups is 1. The fraction of sp³-hybridized carbons (Fsp3) is 0.222. The van der Waals surface area contributed by atoms with Crippen LogP contribution in [0.15, 0.2) is 41.2 Å². The molecule has 2 unspecified atom stereocenters. The Morgan fingerprint density at radius 1 is 1.21 bits per heavy atom. The summed E-state index contributed by atoms with van der Waals surface area (Å²) in [6.45, 7) is 0.317. The average molecular weight is 381 g/mol. The van der Waals surface area contributed by atoms with Crippen LogP contribution >= 0.6 is 0 Å². The van der Waals surface area contributed by atoms with Crippen molar-refractivity contribution in [1.82, 2.24) is 14.0 Å². The summed E-state index contributed by atoms with van der Waals surface area (Å²) in [5.74, 6) is -0.276. The van der Waals surface area contributed by atoms with Crippen molar-refractivity contribution in [2.45, 2.75) is 18.5 Å². The molecule has 0 saturated carbocycles. The van der Waals surface area contributed by atoms with Crippen LogP contribution in [0.1, 0.15) is 24.2 Å². The first-order valence-corrected chi connectivity index (χ1v) is 8.69. The van der Waals surface area contributed by atoms with Crippen molar-refractivity contribution >= 4 is 22.5 Å². The van der Waals surface area contributed by atoms with E-state index in [4.69, 9.17) is 5.73 Å². The Morgan fingerprint density at radius 3 is 2.61 bits per heavy atom. The molecule has 3 aromatic rings. The molecule has 28 heavy (non-hydrogen) atoms. The number of rotatable bonds is 2. The highest BCUT2D eigenvalue weighted by Crippen LogP contribution is 2.48. The van der Waals surface area contributed by atoms with Gasteiger partial charge in [-0.15, -0.1) is 0 Å². The van der Waals surface area contributed by atoms with Crippen LogP contribution in [0.25, 0.3) is 16.5 Å². The number of primary amides is 1. The van der Waals surface area contributed by atoms with Crippen molar-refractivity contribution in [3.8, 4) is 11.6 Å². The number of benzene rings is 2. The maximum atomic E-state index is 13.1. The number of aromatic nitrogens is 2. The number of hydrogen-bond acceptors (Lipinski definition) is 5. The van der Waals surface area contributed by atoms with Crippen LogP contribution in [0, 0.1) is 10.1 Å². The van der Waals surface area contributed by atoms with Crippen molar-refractivity contribution in [3.05, 3.63) is 62.7 Å². The lowest BCUT2D eigenvalue weighted by molar-refractivity contribution is -0.383. The summed E-state index contributed by atoms with van der Waals surface area (Å²) in [6.07, 6.45) is 0.531. The molecule has 3 heterocycles. The summed E-state index contributed by atoms with van der Waals surface area (Å²) in [6, 6.07) is 8.10. The molecular weight excluding hydrogens is 366 g/mol. The molecule has 2 aliphatic heterocycles. The van der Waals surface area contributed by atoms with Crippen molar-refractivity contribution in [1.29, 1.82) is 0 Å². The van der Waals surface area contributed by atoms with Crippen molar-refractivity contribution in [2.24, 2.45) is 5.73 Å². The molecule has 1 fully saturated rings. The normalized spacial score (nSPS) is 19.9. The van der Waals surface area contributed by atoms with E-state index in [0.717, 1.165) is 4.57 Å². The second-order valence-corrected chi connectivity index (χ2v) is 7.00. The average Bonchev–Trinajstić information content (AvgIpc) is 3.33. The third kappa shape index (κ3) is 1.91. The zero-order valence-electron chi connectivity index (χ0n) is 14.5. The van der Waals surface area contributed by atoms with E-state index in [-0.39, 0.29) is 17.6 Å². The number of carbonyl (C=O) groups is 1. The minimum atomic E-state index is -0.598. The Hall–Kier alpha value is -3.82. The highest BCUT2D eigenvalue weighted by atomic mass is 16.6. The molecule has 2 bridgehead atoms. The summed E-state index contributed by atoms with van der Waals surface area (Å²) in [4.78, 5) is 37.1. The fourth-order valence-electron chi connectivity index (χ4n) is 4.53. The van der Waals surface area contributed by atoms with Gasteiger partial charge in [-0.2, -0.15) is 0 Å². The van der Waals surface area contributed by atoms with Gasteiger partial charge in [-0.1, -0.05) is 18.2 Å². The Balaban J connectivity index is 1.77. The lowest BCUT2D eigenvalue weighted by atomic mass is 10.1. The zero-order valence-corrected chi connectivity index (χ0v) is 14.5. The number of nitro benzene ring substituents is 1. The number of fused-ring (bicyclic) bond motifs is 6. The second-order valence-electron chi connectivity index (χ2n) is 7.00. The van der Waals surface area contributed by atoms with Crippen LogP contribution < -0.4 is 11.4 Å². The van der Waals surface area contributed by atoms with Gasteiger partial charge in [-0.05, 0) is 18.6 Å². The van der Waals surface area contributed by atoms with E-state index in [0.29, 0.717) is 35.1 Å². The molecule has 2 aromatic carbocycles. The summed E-state index contributed by atoms with van der Waals surface area (Å²) >= 11 is 0. The molecule has 0 radical (unpaired) electrons. The van der Waals surface area contributed by atoms with Crippen LogP contribution in [0.4, 0.5) is 10.5 Å². The lowest BCUT2D eigenvalue weighted by Gasteiger charge is -2.25. The molecule has 1 aromatic heterocycles. The van der Waals surface area contributed by atoms with E-state index in [1.54, 1.807) is 24.3 Å². The molecule has 2 amide bonds. The molecule has 3 N–H and O–H groups in total. The monoisotopic (exact) mass is 381 g/mol. The van der Waals surface area contributed by atoms with Gasteiger partial charge in [0.25, 0.3) is 5.69 Å². The number of aromatic hydroxyl groups is 1. The van der Waals surface area contributed by atoms with E-state index < -0.39 is 22.7 Å². The highest BCUT2D eigenvalue weighted by molar-refractivity contribution is 5.97. The minimum absolute atomic E-state index is 0.0846. The van der Waals surface area contributed by atoms with Crippen LogP contribution in [-0.4, -0.2) is 36.6 Å². The third-order valence-corrected chi connectivity index (χ3v) is 5.66. The largest absolute Gasteiger partial charge is 0.493 e. The van der Waals surface area contributed by atoms with Gasteiger partial charge >= 0.3 is 11.7 Å². The standard InChI is InChI=1S/C18H15N5O5/c19-17(25)20-8-9-7-14(20)15-16(24)22(18(26)21(9)15)12-5-6-13(23(27)28)11-4-2-1-3-10(11)12/h1-6,9,14,24H,7-8H2,(H2,19,25). The molecular formula is C18H15N5O5. The minimum Gasteiger partial charge on any atom is -0.493 e. The third-order valence-electron chi connectivity index (χ3n) is 5.66. The number of non-ortho nitro benzene ring substituents is 1. The Morgan fingerprint density at radius 2 is 1.93 bits per heavy atom. The van der Waals surface area contributed by atoms with Gasteiger partial charge in [0, 0.05) is 18.0 Å². The van der Waals surface area contributed by atoms with Gasteiger partial charge < -0.3 is 15.7 Å². The molecule has 142 valence electrons. The van der Waals surface area contributed by atoms with Crippen molar-refractivity contribution < 1.29 is 14.8 Å². The fourth-order valence-corrected chi connectivity index (χ4v) is 4.53. The molecule has 2 atom stereocenters. The van der Waals surface area contributed by atoms with E-state index in [9.17, 15) is 24.8 Å². The topological polar surface area (TPSA) is 137 Å². The van der Waals surface area contributed by atoms with Gasteiger partial charge in [0.1, 0.15) is 5.69 Å². The number of nitrogens with two attached hydrogens (primary N) is 1. The van der Waals surface area contributed by atoms with Crippen LogP contribution in [0.3, 0.4) is 0 Å². The first-order chi connectivity index (χ1) is 13.4. The second kappa shape index (κ2) is 5.35. The van der Waals surface area contributed by atoms with E-state index >= 15 is 0 Å². The first kappa shape index (κ1) is 16.4. The summed E-state index contributed by atoms with van der Waals surface area (Å²) in [5, 5.41) is 23.0. The number of urea groups is 1. The van der Waals surface area contributed by atoms with Crippen LogP contribution in [-0.2, 0) is 0 Å². The quantitative estimate of drug-likeness (QED) is 0.515. The molecule has 0 aliphatic carbocycles. The zero-order chi connectivity index (χ0) is 19.7. The Kier molecular flexibility index (Phi) is 3.12. The highest BCUT2D eigenvalue weighted by Gasteiger charge is 2.48. The number of carbonyl (C=O) groups excluding carboxylic acids is 1. The Labute approximate surface area is 157 Å². The Bertz CT molecular complexity index is 1240. The molecule has 10 nitrogen and oxygen atoms in total. The first-order valence-electron chi connectivity index (χ1n) is 8.69. The summed E-state index contributed by atoms with van der Waals surface area (Å²) in [7, 11) is 0. The smallest absolute Gasteiger partial charge is 0.336 e. The van der Waals surface area contributed by atoms with Crippen molar-refractivity contribution in [2.75, 3.05) is 6.54 Å². The summed E-state index contributed by atoms with van der Waals surface area (Å²) in [5.41, 5.74) is 5.58. The van der Waals surface area contributed by atoms with E-state index in [2.05, 4.69) is 0 Å². The van der Waals surface area contributed by atoms with Gasteiger partial charge in [0.2, 0.25) is 5.88 Å². The molecule has 10 heteroatoms. The van der Waals surface area contributed by atoms with Gasteiger partial charge in [0.05, 0.1) is 28.1 Å². The number of likely N-dealkylation sites (tertiary alicyclic amines) is 1. The number of nitrogens with zero attached hydrogens (tertiary/aromatic N) is 4. The number of amides is 2. The van der Waals surface area contributed by atoms with Crippen LogP contribution in [0.2, 0.25) is 0 Å². The maximum absolute atomic E-state index is 13.1. The molecule has 5 rings (SSSR count). The number of imidazole rings is 1. The lowest BCUT2D eigenvalue weighted by Crippen LogP contribution is -2.40. The van der Waals surface area contributed by atoms with E-state index in [1.165, 1.54) is 21.6 Å². The molecule has 0 spiro atoms. The predicted molar refractivity (Wildman–Crippen MR) is 98.5 cm³/mol. The predicted octanol–water partition coefficient (Wildman–Crippen LogP) is 1.79. The van der Waals surface area contributed by atoms with E-state index in [1.807, 2.05) is 0 Å². The summed E-state index contributed by atoms with van der Waals surface area (Å²) < 4.78 is 2.64. The van der Waals surface area contributed by atoms with Crippen LogP contribution in [0.5, 0.6) is 5.88 Å². The van der Waals surface area contributed by atoms with Gasteiger partial charge in [-0.3, -0.25) is 14.7 Å². The van der Waals surface area contributed by atoms with Gasteiger partial charge in [-0.25, -0.2) is 14.2 Å². The maximum Gasteiger partial charge on any atom is 0.336 e.